The van der Waals surface area contributed by atoms with E-state index < -0.39 is 0 Å². The van der Waals surface area contributed by atoms with Crippen molar-refractivity contribution in [3.05, 3.63) is 54.7 Å². The van der Waals surface area contributed by atoms with Crippen LogP contribution in [0.4, 0.5) is 5.82 Å². The van der Waals surface area contributed by atoms with Gasteiger partial charge in [-0.3, -0.25) is 9.48 Å². The molecule has 0 radical (unpaired) electrons. The van der Waals surface area contributed by atoms with Gasteiger partial charge in [0.2, 0.25) is 5.91 Å². The van der Waals surface area contributed by atoms with E-state index in [4.69, 9.17) is 4.98 Å². The number of fused-ring (bicyclic) bond motifs is 1. The summed E-state index contributed by atoms with van der Waals surface area (Å²) in [6.45, 7) is 5.47. The molecule has 1 saturated heterocycles. The van der Waals surface area contributed by atoms with Crippen molar-refractivity contribution in [1.29, 1.82) is 5.26 Å². The number of pyridine rings is 2. The second kappa shape index (κ2) is 9.22. The number of carbonyl (C=O) groups excluding carboxylic acids is 1. The van der Waals surface area contributed by atoms with Gasteiger partial charge in [0.05, 0.1) is 23.5 Å². The van der Waals surface area contributed by atoms with Crippen LogP contribution in [-0.4, -0.2) is 49.4 Å². The average Bonchev–Trinajstić information content (AvgIpc) is 3.49. The number of anilines is 1. The predicted octanol–water partition coefficient (Wildman–Crippen LogP) is 3.41. The van der Waals surface area contributed by atoms with Gasteiger partial charge in [-0.1, -0.05) is 13.8 Å². The van der Waals surface area contributed by atoms with Gasteiger partial charge in [-0.2, -0.15) is 15.5 Å². The van der Waals surface area contributed by atoms with Crippen molar-refractivity contribution < 1.29 is 4.79 Å². The van der Waals surface area contributed by atoms with Crippen molar-refractivity contribution >= 4 is 17.2 Å². The SMILES string of the molecule is CC(C)C(=O)NC1CCCN(c2ccc(-c3cc(-c4cnn(C)c4)cn4ncc(C#N)c34)cn2)C1. The molecule has 1 atom stereocenters. The van der Waals surface area contributed by atoms with Gasteiger partial charge in [0.1, 0.15) is 11.9 Å². The van der Waals surface area contributed by atoms with E-state index in [2.05, 4.69) is 32.5 Å². The summed E-state index contributed by atoms with van der Waals surface area (Å²) in [4.78, 5) is 19.1. The minimum Gasteiger partial charge on any atom is -0.355 e. The summed E-state index contributed by atoms with van der Waals surface area (Å²) < 4.78 is 3.51. The van der Waals surface area contributed by atoms with Crippen LogP contribution in [0.5, 0.6) is 0 Å². The number of aromatic nitrogens is 5. The standard InChI is InChI=1S/C26H28N8O/c1-17(2)26(35)31-22-5-4-8-33(16-22)24-7-6-18(11-28-24)23-9-19(21-13-29-32(3)14-21)15-34-25(23)20(10-27)12-30-34/h6-7,9,11-15,17,22H,4-5,8,16H2,1-3H3,(H,31,35). The number of hydrogen-bond acceptors (Lipinski definition) is 6. The van der Waals surface area contributed by atoms with Crippen LogP contribution in [0.25, 0.3) is 27.8 Å². The van der Waals surface area contributed by atoms with Gasteiger partial charge >= 0.3 is 0 Å². The van der Waals surface area contributed by atoms with E-state index in [0.717, 1.165) is 59.5 Å². The van der Waals surface area contributed by atoms with Crippen LogP contribution in [0, 0.1) is 17.2 Å². The van der Waals surface area contributed by atoms with Crippen LogP contribution < -0.4 is 10.2 Å². The van der Waals surface area contributed by atoms with E-state index in [1.165, 1.54) is 0 Å². The number of nitrogens with one attached hydrogen (secondary N) is 1. The fourth-order valence-electron chi connectivity index (χ4n) is 4.55. The average molecular weight is 469 g/mol. The monoisotopic (exact) mass is 468 g/mol. The molecule has 4 aromatic heterocycles. The maximum absolute atomic E-state index is 12.1. The maximum Gasteiger partial charge on any atom is 0.222 e. The molecule has 1 amide bonds. The number of amides is 1. The van der Waals surface area contributed by atoms with Crippen LogP contribution in [0.15, 0.2) is 49.2 Å². The van der Waals surface area contributed by atoms with Gasteiger partial charge in [0.15, 0.2) is 0 Å². The Labute approximate surface area is 204 Å². The van der Waals surface area contributed by atoms with Crippen LogP contribution in [0.2, 0.25) is 0 Å². The second-order valence-corrected chi connectivity index (χ2v) is 9.36. The third-order valence-electron chi connectivity index (χ3n) is 6.45. The molecular weight excluding hydrogens is 440 g/mol. The molecule has 4 aromatic rings. The molecule has 0 aromatic carbocycles. The topological polar surface area (TPSA) is 104 Å². The van der Waals surface area contributed by atoms with Gasteiger partial charge in [0.25, 0.3) is 0 Å². The number of carbonyl (C=O) groups is 1. The first-order valence-corrected chi connectivity index (χ1v) is 11.8. The van der Waals surface area contributed by atoms with E-state index >= 15 is 0 Å². The lowest BCUT2D eigenvalue weighted by Crippen LogP contribution is -2.49. The van der Waals surface area contributed by atoms with Crippen molar-refractivity contribution in [2.75, 3.05) is 18.0 Å². The Hall–Kier alpha value is -4.19. The first kappa shape index (κ1) is 22.6. The van der Waals surface area contributed by atoms with Crippen LogP contribution in [0.1, 0.15) is 32.3 Å². The van der Waals surface area contributed by atoms with E-state index in [1.54, 1.807) is 15.4 Å². The smallest absolute Gasteiger partial charge is 0.222 e. The van der Waals surface area contributed by atoms with Gasteiger partial charge in [-0.05, 0) is 31.0 Å². The molecular formula is C26H28N8O. The minimum atomic E-state index is -0.0242. The molecule has 5 rings (SSSR count). The molecule has 9 heteroatoms. The molecule has 0 spiro atoms. The zero-order valence-electron chi connectivity index (χ0n) is 20.1. The van der Waals surface area contributed by atoms with Crippen molar-refractivity contribution in [1.82, 2.24) is 29.7 Å². The fraction of sp³-hybridized carbons (Fsp3) is 0.346. The lowest BCUT2D eigenvalue weighted by Gasteiger charge is -2.34. The van der Waals surface area contributed by atoms with Crippen LogP contribution in [0.3, 0.4) is 0 Å². The molecule has 1 unspecified atom stereocenters. The summed E-state index contributed by atoms with van der Waals surface area (Å²) in [5.74, 6) is 0.946. The molecule has 1 aliphatic heterocycles. The summed E-state index contributed by atoms with van der Waals surface area (Å²) >= 11 is 0. The Morgan fingerprint density at radius 1 is 1.14 bits per heavy atom. The third-order valence-corrected chi connectivity index (χ3v) is 6.45. The molecule has 1 fully saturated rings. The molecule has 35 heavy (non-hydrogen) atoms. The number of aryl methyl sites for hydroxylation is 1. The lowest BCUT2D eigenvalue weighted by atomic mass is 10.0. The summed E-state index contributed by atoms with van der Waals surface area (Å²) in [6.07, 6.45) is 11.1. The maximum atomic E-state index is 12.1. The minimum absolute atomic E-state index is 0.0242. The van der Waals surface area contributed by atoms with E-state index in [0.29, 0.717) is 5.56 Å². The molecule has 0 aliphatic carbocycles. The van der Waals surface area contributed by atoms with Gasteiger partial charge < -0.3 is 10.2 Å². The highest BCUT2D eigenvalue weighted by molar-refractivity contribution is 5.87. The van der Waals surface area contributed by atoms with Crippen LogP contribution >= 0.6 is 0 Å². The highest BCUT2D eigenvalue weighted by Gasteiger charge is 2.23. The summed E-state index contributed by atoms with van der Waals surface area (Å²) in [6, 6.07) is 8.49. The van der Waals surface area contributed by atoms with Crippen molar-refractivity contribution in [3.63, 3.8) is 0 Å². The van der Waals surface area contributed by atoms with Crippen LogP contribution in [-0.2, 0) is 11.8 Å². The Morgan fingerprint density at radius 2 is 2.00 bits per heavy atom. The summed E-state index contributed by atoms with van der Waals surface area (Å²) in [7, 11) is 1.88. The normalized spacial score (nSPS) is 16.0. The zero-order chi connectivity index (χ0) is 24.5. The van der Waals surface area contributed by atoms with E-state index in [9.17, 15) is 10.1 Å². The predicted molar refractivity (Wildman–Crippen MR) is 134 cm³/mol. The second-order valence-electron chi connectivity index (χ2n) is 9.36. The van der Waals surface area contributed by atoms with Crippen molar-refractivity contribution in [2.24, 2.45) is 13.0 Å². The molecule has 0 saturated carbocycles. The van der Waals surface area contributed by atoms with Crippen molar-refractivity contribution in [2.45, 2.75) is 32.7 Å². The molecule has 9 nitrogen and oxygen atoms in total. The summed E-state index contributed by atoms with van der Waals surface area (Å²) in [5.41, 5.74) is 4.99. The highest BCUT2D eigenvalue weighted by atomic mass is 16.1. The largest absolute Gasteiger partial charge is 0.355 e. The first-order chi connectivity index (χ1) is 16.9. The molecule has 1 N–H and O–H groups in total. The molecule has 1 aliphatic rings. The van der Waals surface area contributed by atoms with E-state index in [1.807, 2.05) is 57.8 Å². The Bertz CT molecular complexity index is 1410. The molecule has 178 valence electrons. The summed E-state index contributed by atoms with van der Waals surface area (Å²) in [5, 5.41) is 21.5. The van der Waals surface area contributed by atoms with Gasteiger partial charge in [-0.15, -0.1) is 0 Å². The molecule has 5 heterocycles. The number of nitriles is 1. The highest BCUT2D eigenvalue weighted by Crippen LogP contribution is 2.32. The lowest BCUT2D eigenvalue weighted by molar-refractivity contribution is -0.124. The number of hydrogen-bond donors (Lipinski definition) is 1. The third kappa shape index (κ3) is 4.47. The Morgan fingerprint density at radius 3 is 2.69 bits per heavy atom. The van der Waals surface area contributed by atoms with E-state index in [-0.39, 0.29) is 17.9 Å². The molecule has 0 bridgehead atoms. The number of rotatable bonds is 5. The number of nitrogens with zero attached hydrogens (tertiary/aromatic N) is 7. The Kier molecular flexibility index (Phi) is 5.95. The Balaban J connectivity index is 1.46. The van der Waals surface area contributed by atoms with Gasteiger partial charge in [0, 0.05) is 72.9 Å². The van der Waals surface area contributed by atoms with Crippen molar-refractivity contribution in [3.8, 4) is 28.3 Å². The fourth-order valence-corrected chi connectivity index (χ4v) is 4.55. The quantitative estimate of drug-likeness (QED) is 0.481. The first-order valence-electron chi connectivity index (χ1n) is 11.8. The van der Waals surface area contributed by atoms with Gasteiger partial charge in [-0.25, -0.2) is 9.50 Å². The number of piperidine rings is 1. The zero-order valence-corrected chi connectivity index (χ0v) is 20.1.